The SMILES string of the molecule is CC(C)c1cc(-c2ccccc2)cc(C(C)C)c1-n1c(-c2[c-]ccc3c2sc2cc(F)ccc23)nc2ccccc21.[2H]c1[c-]c(-c2cc(C([2H])([2H])C(C)C)c([Si](C)(C)C)cn2)cc([2H])c1C([2H])([2H])[2H].[Ir]. The maximum Gasteiger partial charge on any atom is 0.124 e. The summed E-state index contributed by atoms with van der Waals surface area (Å²) >= 11 is 1.61. The number of para-hydroxylation sites is 2. The summed E-state index contributed by atoms with van der Waals surface area (Å²) in [5, 5.41) is 3.08. The molecule has 0 saturated heterocycles. The van der Waals surface area contributed by atoms with E-state index in [9.17, 15) is 4.39 Å². The third-order valence-corrected chi connectivity index (χ3v) is 14.2. The summed E-state index contributed by atoms with van der Waals surface area (Å²) in [5.41, 5.74) is 10.1. The number of rotatable bonds is 9. The van der Waals surface area contributed by atoms with Crippen LogP contribution in [0.3, 0.4) is 0 Å². The van der Waals surface area contributed by atoms with Crippen molar-refractivity contribution >= 4 is 55.8 Å². The van der Waals surface area contributed by atoms with Gasteiger partial charge in [-0.05, 0) is 104 Å². The smallest absolute Gasteiger partial charge is 0.124 e. The summed E-state index contributed by atoms with van der Waals surface area (Å²) in [5.74, 6) is 0.960. The normalized spacial score (nSPS) is 13.8. The van der Waals surface area contributed by atoms with Crippen LogP contribution in [-0.2, 0) is 26.5 Å². The number of hydrogen-bond donors (Lipinski definition) is 0. The Morgan fingerprint density at radius 2 is 1.54 bits per heavy atom. The Morgan fingerprint density at radius 3 is 2.21 bits per heavy atom. The van der Waals surface area contributed by atoms with Gasteiger partial charge < -0.3 is 9.55 Å². The van der Waals surface area contributed by atoms with E-state index in [1.807, 2.05) is 32.0 Å². The van der Waals surface area contributed by atoms with Gasteiger partial charge in [0.1, 0.15) is 5.82 Å². The zero-order valence-corrected chi connectivity index (χ0v) is 41.4. The molecule has 0 bridgehead atoms. The summed E-state index contributed by atoms with van der Waals surface area (Å²) in [6, 6.07) is 41.5. The van der Waals surface area contributed by atoms with Crippen molar-refractivity contribution < 1.29 is 34.1 Å². The van der Waals surface area contributed by atoms with Crippen LogP contribution >= 0.6 is 11.3 Å². The quantitative estimate of drug-likeness (QED) is 0.107. The van der Waals surface area contributed by atoms with Gasteiger partial charge in [0.2, 0.25) is 0 Å². The molecule has 63 heavy (non-hydrogen) atoms. The van der Waals surface area contributed by atoms with E-state index in [1.54, 1.807) is 29.7 Å². The molecule has 3 aromatic heterocycles. The average molecular weight is 1050 g/mol. The van der Waals surface area contributed by atoms with Crippen molar-refractivity contribution in [2.24, 2.45) is 5.92 Å². The fourth-order valence-corrected chi connectivity index (χ4v) is 10.7. The molecule has 0 amide bonds. The minimum atomic E-state index is -2.56. The summed E-state index contributed by atoms with van der Waals surface area (Å²) < 4.78 is 74.3. The Balaban J connectivity index is 0.000000220. The van der Waals surface area contributed by atoms with Crippen LogP contribution < -0.4 is 5.19 Å². The summed E-state index contributed by atoms with van der Waals surface area (Å²) in [4.78, 5) is 9.70. The molecular weight excluding hydrogens is 986 g/mol. The first-order valence-electron chi connectivity index (χ1n) is 24.8. The molecule has 0 unspecified atom stereocenters. The van der Waals surface area contributed by atoms with Crippen LogP contribution in [0.4, 0.5) is 4.39 Å². The van der Waals surface area contributed by atoms with Crippen LogP contribution in [0.1, 0.15) is 85.2 Å². The summed E-state index contributed by atoms with van der Waals surface area (Å²) in [6.07, 6.45) is 0.120. The van der Waals surface area contributed by atoms with Crippen molar-refractivity contribution in [3.63, 3.8) is 0 Å². The Kier molecular flexibility index (Phi) is 11.2. The number of benzene rings is 6. The third-order valence-electron chi connectivity index (χ3n) is 11.0. The van der Waals surface area contributed by atoms with Gasteiger partial charge in [-0.1, -0.05) is 139 Å². The van der Waals surface area contributed by atoms with Crippen LogP contribution in [-0.4, -0.2) is 22.6 Å². The zero-order chi connectivity index (χ0) is 49.9. The maximum atomic E-state index is 14.2. The van der Waals surface area contributed by atoms with Crippen LogP contribution in [0.15, 0.2) is 127 Å². The van der Waals surface area contributed by atoms with Crippen molar-refractivity contribution in [1.29, 1.82) is 0 Å². The first-order chi connectivity index (χ1) is 32.5. The van der Waals surface area contributed by atoms with Crippen LogP contribution in [0, 0.1) is 30.7 Å². The Hall–Kier alpha value is -5.04. The number of hydrogen-bond acceptors (Lipinski definition) is 3. The van der Waals surface area contributed by atoms with E-state index in [-0.39, 0.29) is 61.3 Å². The molecule has 0 fully saturated rings. The second kappa shape index (κ2) is 19.0. The van der Waals surface area contributed by atoms with Gasteiger partial charge in [0.25, 0.3) is 0 Å². The predicted molar refractivity (Wildman–Crippen MR) is 267 cm³/mol. The van der Waals surface area contributed by atoms with Crippen molar-refractivity contribution in [2.45, 2.75) is 86.2 Å². The maximum absolute atomic E-state index is 14.2. The fraction of sp³-hybridized carbons (Fsp3) is 0.250. The minimum absolute atomic E-state index is 0. The van der Waals surface area contributed by atoms with E-state index in [0.717, 1.165) is 47.8 Å². The molecule has 0 spiro atoms. The van der Waals surface area contributed by atoms with E-state index in [0.29, 0.717) is 16.8 Å². The topological polar surface area (TPSA) is 30.7 Å². The molecule has 6 aromatic carbocycles. The molecule has 323 valence electrons. The molecule has 9 aromatic rings. The van der Waals surface area contributed by atoms with Crippen LogP contribution in [0.25, 0.3) is 70.7 Å². The van der Waals surface area contributed by atoms with Gasteiger partial charge in [0.05, 0.1) is 24.9 Å². The van der Waals surface area contributed by atoms with Gasteiger partial charge >= 0.3 is 0 Å². The van der Waals surface area contributed by atoms with E-state index < -0.39 is 21.3 Å². The van der Waals surface area contributed by atoms with Gasteiger partial charge in [-0.15, -0.1) is 53.5 Å². The second-order valence-corrected chi connectivity index (χ2v) is 23.9. The predicted octanol–water partition coefficient (Wildman–Crippen LogP) is 15.5. The second-order valence-electron chi connectivity index (χ2n) is 17.8. The number of nitrogens with zero attached hydrogens (tertiary/aromatic N) is 3. The molecule has 1 radical (unpaired) electrons. The molecule has 0 atom stereocenters. The Labute approximate surface area is 401 Å². The molecule has 0 aliphatic carbocycles. The summed E-state index contributed by atoms with van der Waals surface area (Å²) in [6.45, 7) is 16.6. The van der Waals surface area contributed by atoms with Crippen LogP contribution in [0.2, 0.25) is 19.6 Å². The number of fused-ring (bicyclic) bond motifs is 4. The molecule has 3 heterocycles. The van der Waals surface area contributed by atoms with Gasteiger partial charge in [-0.2, -0.15) is 11.3 Å². The Morgan fingerprint density at radius 1 is 0.825 bits per heavy atom. The van der Waals surface area contributed by atoms with E-state index >= 15 is 0 Å². The number of pyridine rings is 1. The monoisotopic (exact) mass is 1050 g/mol. The average Bonchev–Trinajstić information content (AvgIpc) is 3.86. The first-order valence-corrected chi connectivity index (χ1v) is 25.6. The number of halogens is 1. The van der Waals surface area contributed by atoms with Gasteiger partial charge in [-0.3, -0.25) is 4.98 Å². The zero-order valence-electron chi connectivity index (χ0n) is 44.2. The molecule has 0 aliphatic rings. The molecule has 9 rings (SSSR count). The number of imidazole rings is 1. The third kappa shape index (κ3) is 9.59. The van der Waals surface area contributed by atoms with Gasteiger partial charge in [-0.25, -0.2) is 4.39 Å². The van der Waals surface area contributed by atoms with Crippen molar-refractivity contribution in [1.82, 2.24) is 14.5 Å². The molecule has 0 N–H and O–H groups in total. The van der Waals surface area contributed by atoms with Crippen molar-refractivity contribution in [3.05, 3.63) is 168 Å². The van der Waals surface area contributed by atoms with Crippen molar-refractivity contribution in [3.8, 4) is 39.5 Å². The van der Waals surface area contributed by atoms with Crippen LogP contribution in [0.5, 0.6) is 0 Å². The molecule has 7 heteroatoms. The van der Waals surface area contributed by atoms with Crippen molar-refractivity contribution in [2.75, 3.05) is 0 Å². The van der Waals surface area contributed by atoms with E-state index in [2.05, 4.69) is 136 Å². The molecule has 3 nitrogen and oxygen atoms in total. The van der Waals surface area contributed by atoms with E-state index in [4.69, 9.17) is 14.6 Å². The minimum Gasteiger partial charge on any atom is -0.333 e. The number of thiophene rings is 1. The van der Waals surface area contributed by atoms with E-state index in [1.165, 1.54) is 40.1 Å². The largest absolute Gasteiger partial charge is 0.333 e. The molecular formula is C56H56FIrN3SSi-2. The standard InChI is InChI=1S/C37H30FN2S.C19H26NSi.Ir/c1-22(2)30-19-25(24-11-6-5-7-12-24)20-31(23(3)4)35(30)40-33-16-9-8-15-32(33)39-37(40)29-14-10-13-28-27-18-17-26(38)21-34(27)41-36(28)29;1-14(2)11-17-12-18(16-9-7-15(3)8-10-16)20-13-19(17)21(4,5)6;/h5-13,15-23H,1-4H3;7-9,12-14H,11H2,1-6H3;/q2*-1;/i;3D3,7D,8D,11D2;. The molecule has 0 aliphatic heterocycles. The Bertz CT molecular complexity index is 3320. The van der Waals surface area contributed by atoms with Gasteiger partial charge in [0.15, 0.2) is 0 Å². The van der Waals surface area contributed by atoms with Gasteiger partial charge in [0, 0.05) is 46.3 Å². The summed E-state index contributed by atoms with van der Waals surface area (Å²) in [7, 11) is -1.87. The fourth-order valence-electron chi connectivity index (χ4n) is 8.03. The first kappa shape index (κ1) is 37.3. The molecule has 0 saturated carbocycles. The number of aromatic nitrogens is 3.